The van der Waals surface area contributed by atoms with Gasteiger partial charge in [-0.3, -0.25) is 9.78 Å². The minimum absolute atomic E-state index is 0.0701. The number of amides is 1. The molecule has 0 atom stereocenters. The summed E-state index contributed by atoms with van der Waals surface area (Å²) in [6.45, 7) is 0.858. The van der Waals surface area contributed by atoms with Gasteiger partial charge in [-0.25, -0.2) is 0 Å². The molecule has 0 bridgehead atoms. The first-order chi connectivity index (χ1) is 9.72. The van der Waals surface area contributed by atoms with Crippen LogP contribution >= 0.6 is 0 Å². The zero-order chi connectivity index (χ0) is 14.4. The van der Waals surface area contributed by atoms with Crippen molar-refractivity contribution in [3.05, 3.63) is 30.5 Å². The number of pyridine rings is 1. The molecule has 0 aliphatic rings. The number of rotatable bonds is 6. The topological polar surface area (TPSA) is 86.5 Å². The lowest BCUT2D eigenvalue weighted by Gasteiger charge is -2.10. The molecular weight excluding hydrogens is 258 g/mol. The molecule has 0 fully saturated rings. The SMILES string of the molecule is COCCNC(=O)COc1ccc(N)c2cccnc12. The van der Waals surface area contributed by atoms with Crippen LogP contribution in [0.25, 0.3) is 10.9 Å². The molecule has 106 valence electrons. The number of hydrogen-bond acceptors (Lipinski definition) is 5. The van der Waals surface area contributed by atoms with Gasteiger partial charge in [0.1, 0.15) is 11.3 Å². The molecule has 0 saturated carbocycles. The summed E-state index contributed by atoms with van der Waals surface area (Å²) in [5, 5.41) is 3.49. The summed E-state index contributed by atoms with van der Waals surface area (Å²) in [7, 11) is 1.58. The summed E-state index contributed by atoms with van der Waals surface area (Å²) in [6.07, 6.45) is 1.66. The fraction of sp³-hybridized carbons (Fsp3) is 0.286. The number of nitrogens with two attached hydrogens (primary N) is 1. The fourth-order valence-electron chi connectivity index (χ4n) is 1.77. The van der Waals surface area contributed by atoms with E-state index in [0.29, 0.717) is 30.1 Å². The molecule has 0 unspecified atom stereocenters. The molecule has 1 aromatic carbocycles. The average Bonchev–Trinajstić information content (AvgIpc) is 2.47. The lowest BCUT2D eigenvalue weighted by Crippen LogP contribution is -2.31. The van der Waals surface area contributed by atoms with Crippen LogP contribution in [0.3, 0.4) is 0 Å². The monoisotopic (exact) mass is 275 g/mol. The summed E-state index contributed by atoms with van der Waals surface area (Å²) in [5.74, 6) is 0.333. The average molecular weight is 275 g/mol. The van der Waals surface area contributed by atoms with Crippen LogP contribution in [-0.2, 0) is 9.53 Å². The quantitative estimate of drug-likeness (QED) is 0.605. The maximum absolute atomic E-state index is 11.6. The lowest BCUT2D eigenvalue weighted by molar-refractivity contribution is -0.123. The fourth-order valence-corrected chi connectivity index (χ4v) is 1.77. The Morgan fingerprint density at radius 2 is 2.25 bits per heavy atom. The van der Waals surface area contributed by atoms with E-state index in [-0.39, 0.29) is 12.5 Å². The number of anilines is 1. The highest BCUT2D eigenvalue weighted by Crippen LogP contribution is 2.27. The van der Waals surface area contributed by atoms with E-state index in [1.54, 1.807) is 31.5 Å². The van der Waals surface area contributed by atoms with Gasteiger partial charge in [0.25, 0.3) is 5.91 Å². The number of nitrogens with zero attached hydrogens (tertiary/aromatic N) is 1. The second-order valence-electron chi connectivity index (χ2n) is 4.18. The summed E-state index contributed by atoms with van der Waals surface area (Å²) in [6, 6.07) is 7.12. The number of nitrogen functional groups attached to an aromatic ring is 1. The Labute approximate surface area is 116 Å². The summed E-state index contributed by atoms with van der Waals surface area (Å²) < 4.78 is 10.3. The number of carbonyl (C=O) groups is 1. The van der Waals surface area contributed by atoms with Gasteiger partial charge in [-0.05, 0) is 24.3 Å². The molecule has 1 heterocycles. The third kappa shape index (κ3) is 3.36. The van der Waals surface area contributed by atoms with Crippen molar-refractivity contribution in [3.63, 3.8) is 0 Å². The van der Waals surface area contributed by atoms with E-state index in [1.165, 1.54) is 0 Å². The van der Waals surface area contributed by atoms with Gasteiger partial charge in [-0.1, -0.05) is 0 Å². The molecule has 6 heteroatoms. The van der Waals surface area contributed by atoms with E-state index in [9.17, 15) is 4.79 Å². The molecule has 0 radical (unpaired) electrons. The first-order valence-electron chi connectivity index (χ1n) is 6.24. The number of fused-ring (bicyclic) bond motifs is 1. The smallest absolute Gasteiger partial charge is 0.258 e. The molecule has 2 aromatic rings. The van der Waals surface area contributed by atoms with Crippen LogP contribution in [0.1, 0.15) is 0 Å². The highest BCUT2D eigenvalue weighted by atomic mass is 16.5. The van der Waals surface area contributed by atoms with Crippen LogP contribution in [0.15, 0.2) is 30.5 Å². The molecule has 2 rings (SSSR count). The van der Waals surface area contributed by atoms with E-state index in [0.717, 1.165) is 5.39 Å². The number of nitrogens with one attached hydrogen (secondary N) is 1. The van der Waals surface area contributed by atoms with Crippen LogP contribution in [0, 0.1) is 0 Å². The zero-order valence-corrected chi connectivity index (χ0v) is 11.3. The van der Waals surface area contributed by atoms with E-state index in [2.05, 4.69) is 10.3 Å². The van der Waals surface area contributed by atoms with Gasteiger partial charge < -0.3 is 20.5 Å². The van der Waals surface area contributed by atoms with Gasteiger partial charge in [-0.15, -0.1) is 0 Å². The first-order valence-corrected chi connectivity index (χ1v) is 6.24. The summed E-state index contributed by atoms with van der Waals surface area (Å²) in [4.78, 5) is 15.8. The highest BCUT2D eigenvalue weighted by Gasteiger charge is 2.08. The lowest BCUT2D eigenvalue weighted by atomic mass is 10.2. The van der Waals surface area contributed by atoms with E-state index in [1.807, 2.05) is 6.07 Å². The molecule has 0 aliphatic carbocycles. The standard InChI is InChI=1S/C14H17N3O3/c1-19-8-7-16-13(18)9-20-12-5-4-11(15)10-3-2-6-17-14(10)12/h2-6H,7-9,15H2,1H3,(H,16,18). The number of carbonyl (C=O) groups excluding carboxylic acids is 1. The highest BCUT2D eigenvalue weighted by molar-refractivity contribution is 5.94. The van der Waals surface area contributed by atoms with Crippen LogP contribution in [-0.4, -0.2) is 37.8 Å². The second kappa shape index (κ2) is 6.72. The van der Waals surface area contributed by atoms with Crippen molar-refractivity contribution in [2.75, 3.05) is 32.6 Å². The van der Waals surface area contributed by atoms with E-state index >= 15 is 0 Å². The molecule has 0 aliphatic heterocycles. The molecule has 0 saturated heterocycles. The third-order valence-corrected chi connectivity index (χ3v) is 2.75. The number of ether oxygens (including phenoxy) is 2. The maximum atomic E-state index is 11.6. The predicted molar refractivity (Wildman–Crippen MR) is 76.5 cm³/mol. The van der Waals surface area contributed by atoms with Crippen molar-refractivity contribution in [2.45, 2.75) is 0 Å². The van der Waals surface area contributed by atoms with Crippen molar-refractivity contribution in [2.24, 2.45) is 0 Å². The van der Waals surface area contributed by atoms with Crippen LogP contribution < -0.4 is 15.8 Å². The Morgan fingerprint density at radius 1 is 1.40 bits per heavy atom. The van der Waals surface area contributed by atoms with Gasteiger partial charge >= 0.3 is 0 Å². The van der Waals surface area contributed by atoms with E-state index in [4.69, 9.17) is 15.2 Å². The molecular formula is C14H17N3O3. The Morgan fingerprint density at radius 3 is 3.05 bits per heavy atom. The molecule has 6 nitrogen and oxygen atoms in total. The van der Waals surface area contributed by atoms with Gasteiger partial charge in [0.15, 0.2) is 6.61 Å². The number of methoxy groups -OCH3 is 1. The van der Waals surface area contributed by atoms with Crippen molar-refractivity contribution in [1.82, 2.24) is 10.3 Å². The minimum Gasteiger partial charge on any atom is -0.481 e. The summed E-state index contributed by atoms with van der Waals surface area (Å²) in [5.41, 5.74) is 7.15. The first kappa shape index (κ1) is 14.1. The Kier molecular flexibility index (Phi) is 4.73. The Hall–Kier alpha value is -2.34. The van der Waals surface area contributed by atoms with E-state index < -0.39 is 0 Å². The zero-order valence-electron chi connectivity index (χ0n) is 11.3. The minimum atomic E-state index is -0.206. The maximum Gasteiger partial charge on any atom is 0.258 e. The molecule has 1 amide bonds. The van der Waals surface area contributed by atoms with Gasteiger partial charge in [-0.2, -0.15) is 0 Å². The molecule has 3 N–H and O–H groups in total. The number of hydrogen-bond donors (Lipinski definition) is 2. The van der Waals surface area contributed by atoms with Crippen molar-refractivity contribution in [1.29, 1.82) is 0 Å². The van der Waals surface area contributed by atoms with Gasteiger partial charge in [0, 0.05) is 30.9 Å². The van der Waals surface area contributed by atoms with Crippen LogP contribution in [0.4, 0.5) is 5.69 Å². The normalized spacial score (nSPS) is 10.4. The van der Waals surface area contributed by atoms with Gasteiger partial charge in [0.2, 0.25) is 0 Å². The van der Waals surface area contributed by atoms with Crippen molar-refractivity contribution in [3.8, 4) is 5.75 Å². The third-order valence-electron chi connectivity index (χ3n) is 2.75. The molecule has 0 spiro atoms. The predicted octanol–water partition coefficient (Wildman–Crippen LogP) is 0.958. The Balaban J connectivity index is 2.03. The van der Waals surface area contributed by atoms with Gasteiger partial charge in [0.05, 0.1) is 6.61 Å². The number of benzene rings is 1. The van der Waals surface area contributed by atoms with Crippen molar-refractivity contribution >= 4 is 22.5 Å². The summed E-state index contributed by atoms with van der Waals surface area (Å²) >= 11 is 0. The second-order valence-corrected chi connectivity index (χ2v) is 4.18. The largest absolute Gasteiger partial charge is 0.481 e. The van der Waals surface area contributed by atoms with Crippen LogP contribution in [0.2, 0.25) is 0 Å². The van der Waals surface area contributed by atoms with Crippen molar-refractivity contribution < 1.29 is 14.3 Å². The molecule has 1 aromatic heterocycles. The number of aromatic nitrogens is 1. The molecule has 20 heavy (non-hydrogen) atoms. The van der Waals surface area contributed by atoms with Crippen LogP contribution in [0.5, 0.6) is 5.75 Å². The Bertz CT molecular complexity index is 601.